The van der Waals surface area contributed by atoms with Crippen LogP contribution in [0.5, 0.6) is 0 Å². The van der Waals surface area contributed by atoms with Gasteiger partial charge in [0.25, 0.3) is 0 Å². The molecule has 0 aromatic carbocycles. The lowest BCUT2D eigenvalue weighted by Crippen LogP contribution is -2.25. The molecule has 0 saturated heterocycles. The molecule has 0 radical (unpaired) electrons. The maximum Gasteiger partial charge on any atom is 0.225 e. The lowest BCUT2D eigenvalue weighted by atomic mass is 10.3. The average Bonchev–Trinajstić information content (AvgIpc) is 2.87. The van der Waals surface area contributed by atoms with Crippen LogP contribution >= 0.6 is 11.3 Å². The zero-order valence-corrected chi connectivity index (χ0v) is 9.83. The minimum atomic E-state index is 0.0328. The molecule has 0 fully saturated rings. The van der Waals surface area contributed by atoms with Gasteiger partial charge in [0.2, 0.25) is 5.91 Å². The van der Waals surface area contributed by atoms with E-state index in [2.05, 4.69) is 10.3 Å². The number of nitrogens with zero attached hydrogens (tertiary/aromatic N) is 2. The summed E-state index contributed by atoms with van der Waals surface area (Å²) in [6.45, 7) is 0.480. The number of aryl methyl sites for hydroxylation is 1. The number of aromatic nitrogens is 2. The van der Waals surface area contributed by atoms with Gasteiger partial charge in [0.15, 0.2) is 0 Å². The summed E-state index contributed by atoms with van der Waals surface area (Å²) in [5, 5.41) is 4.82. The van der Waals surface area contributed by atoms with Crippen LogP contribution in [0.25, 0.3) is 0 Å². The molecule has 2 aromatic rings. The Bertz CT molecular complexity index is 461. The molecule has 0 aliphatic heterocycles. The Morgan fingerprint density at radius 2 is 2.50 bits per heavy atom. The van der Waals surface area contributed by atoms with Crippen molar-refractivity contribution >= 4 is 17.2 Å². The minimum absolute atomic E-state index is 0.0328. The van der Waals surface area contributed by atoms with Crippen LogP contribution in [0, 0.1) is 0 Å². The second-order valence-corrected chi connectivity index (χ2v) is 4.52. The largest absolute Gasteiger partial charge is 0.349 e. The third-order valence-corrected chi connectivity index (χ3v) is 3.16. The third-order valence-electron chi connectivity index (χ3n) is 2.28. The second-order valence-electron chi connectivity index (χ2n) is 3.49. The smallest absolute Gasteiger partial charge is 0.225 e. The Kier molecular flexibility index (Phi) is 3.36. The van der Waals surface area contributed by atoms with E-state index >= 15 is 0 Å². The molecule has 2 heterocycles. The number of hydrogen-bond acceptors (Lipinski definition) is 3. The number of rotatable bonds is 4. The molecule has 16 heavy (non-hydrogen) atoms. The van der Waals surface area contributed by atoms with Gasteiger partial charge < -0.3 is 9.88 Å². The van der Waals surface area contributed by atoms with Crippen LogP contribution in [0.3, 0.4) is 0 Å². The highest BCUT2D eigenvalue weighted by atomic mass is 32.1. The van der Waals surface area contributed by atoms with Crippen LogP contribution in [0.15, 0.2) is 29.9 Å². The highest BCUT2D eigenvalue weighted by molar-refractivity contribution is 7.10. The molecule has 5 heteroatoms. The van der Waals surface area contributed by atoms with Crippen LogP contribution in [0.4, 0.5) is 0 Å². The third kappa shape index (κ3) is 2.70. The standard InChI is InChI=1S/C11H13N3OS/c1-14-5-4-12-10(14)8-13-11(15)7-9-3-2-6-16-9/h2-6H,7-8H2,1H3,(H,13,15). The van der Waals surface area contributed by atoms with E-state index in [0.717, 1.165) is 10.7 Å². The number of carbonyl (C=O) groups is 1. The number of carbonyl (C=O) groups excluding carboxylic acids is 1. The molecular formula is C11H13N3OS. The fraction of sp³-hybridized carbons (Fsp3) is 0.273. The predicted octanol–water partition coefficient (Wildman–Crippen LogP) is 1.34. The fourth-order valence-electron chi connectivity index (χ4n) is 1.38. The van der Waals surface area contributed by atoms with Gasteiger partial charge in [0.1, 0.15) is 5.82 Å². The van der Waals surface area contributed by atoms with Crippen LogP contribution in [-0.2, 0) is 24.8 Å². The molecule has 1 N–H and O–H groups in total. The van der Waals surface area contributed by atoms with E-state index in [-0.39, 0.29) is 5.91 Å². The van der Waals surface area contributed by atoms with E-state index in [1.165, 1.54) is 0 Å². The first kappa shape index (κ1) is 10.9. The van der Waals surface area contributed by atoms with Gasteiger partial charge >= 0.3 is 0 Å². The highest BCUT2D eigenvalue weighted by Gasteiger charge is 2.05. The maximum absolute atomic E-state index is 11.6. The Morgan fingerprint density at radius 3 is 3.12 bits per heavy atom. The van der Waals surface area contributed by atoms with Gasteiger partial charge in [-0.25, -0.2) is 4.98 Å². The minimum Gasteiger partial charge on any atom is -0.349 e. The Labute approximate surface area is 97.9 Å². The van der Waals surface area contributed by atoms with Crippen molar-refractivity contribution in [2.45, 2.75) is 13.0 Å². The zero-order chi connectivity index (χ0) is 11.4. The van der Waals surface area contributed by atoms with E-state index in [1.807, 2.05) is 35.3 Å². The van der Waals surface area contributed by atoms with Crippen molar-refractivity contribution in [3.8, 4) is 0 Å². The fourth-order valence-corrected chi connectivity index (χ4v) is 2.08. The van der Waals surface area contributed by atoms with Crippen LogP contribution in [0.2, 0.25) is 0 Å². The van der Waals surface area contributed by atoms with Crippen molar-refractivity contribution in [2.75, 3.05) is 0 Å². The molecule has 2 rings (SSSR count). The van der Waals surface area contributed by atoms with E-state index in [0.29, 0.717) is 13.0 Å². The Balaban J connectivity index is 1.82. The lowest BCUT2D eigenvalue weighted by Gasteiger charge is -2.04. The summed E-state index contributed by atoms with van der Waals surface area (Å²) < 4.78 is 1.89. The lowest BCUT2D eigenvalue weighted by molar-refractivity contribution is -0.120. The summed E-state index contributed by atoms with van der Waals surface area (Å²) in [5.74, 6) is 0.893. The number of thiophene rings is 1. The van der Waals surface area contributed by atoms with E-state index in [9.17, 15) is 4.79 Å². The summed E-state index contributed by atoms with van der Waals surface area (Å²) in [5.41, 5.74) is 0. The molecular weight excluding hydrogens is 222 g/mol. The second kappa shape index (κ2) is 4.94. The number of nitrogens with one attached hydrogen (secondary N) is 1. The number of imidazole rings is 1. The van der Waals surface area contributed by atoms with Gasteiger partial charge in [-0.15, -0.1) is 11.3 Å². The summed E-state index contributed by atoms with van der Waals surface area (Å²) >= 11 is 1.60. The summed E-state index contributed by atoms with van der Waals surface area (Å²) in [4.78, 5) is 16.8. The molecule has 0 bridgehead atoms. The molecule has 84 valence electrons. The van der Waals surface area contributed by atoms with Crippen LogP contribution in [0.1, 0.15) is 10.7 Å². The van der Waals surface area contributed by atoms with E-state index < -0.39 is 0 Å². The SMILES string of the molecule is Cn1ccnc1CNC(=O)Cc1cccs1. The first-order valence-corrected chi connectivity index (χ1v) is 5.89. The van der Waals surface area contributed by atoms with Crippen molar-refractivity contribution in [1.29, 1.82) is 0 Å². The average molecular weight is 235 g/mol. The van der Waals surface area contributed by atoms with E-state index in [4.69, 9.17) is 0 Å². The van der Waals surface area contributed by atoms with Gasteiger partial charge in [-0.3, -0.25) is 4.79 Å². The van der Waals surface area contributed by atoms with Crippen molar-refractivity contribution in [3.05, 3.63) is 40.6 Å². The topological polar surface area (TPSA) is 46.9 Å². The zero-order valence-electron chi connectivity index (χ0n) is 9.01. The normalized spacial score (nSPS) is 10.3. The quantitative estimate of drug-likeness (QED) is 0.869. The number of hydrogen-bond donors (Lipinski definition) is 1. The van der Waals surface area contributed by atoms with Gasteiger partial charge in [0.05, 0.1) is 13.0 Å². The first-order chi connectivity index (χ1) is 7.75. The van der Waals surface area contributed by atoms with Gasteiger partial charge in [0, 0.05) is 24.3 Å². The Morgan fingerprint density at radius 1 is 1.62 bits per heavy atom. The first-order valence-electron chi connectivity index (χ1n) is 5.01. The van der Waals surface area contributed by atoms with Gasteiger partial charge in [-0.05, 0) is 11.4 Å². The summed E-state index contributed by atoms with van der Waals surface area (Å²) in [6.07, 6.45) is 4.03. The maximum atomic E-state index is 11.6. The Hall–Kier alpha value is -1.62. The van der Waals surface area contributed by atoms with Crippen molar-refractivity contribution in [1.82, 2.24) is 14.9 Å². The van der Waals surface area contributed by atoms with Crippen molar-refractivity contribution < 1.29 is 4.79 Å². The molecule has 0 atom stereocenters. The molecule has 0 saturated carbocycles. The summed E-state index contributed by atoms with van der Waals surface area (Å²) in [7, 11) is 1.91. The van der Waals surface area contributed by atoms with Crippen LogP contribution < -0.4 is 5.32 Å². The molecule has 2 aromatic heterocycles. The van der Waals surface area contributed by atoms with Crippen LogP contribution in [-0.4, -0.2) is 15.5 Å². The molecule has 0 spiro atoms. The molecule has 4 nitrogen and oxygen atoms in total. The molecule has 0 aliphatic carbocycles. The monoisotopic (exact) mass is 235 g/mol. The van der Waals surface area contributed by atoms with Gasteiger partial charge in [-0.2, -0.15) is 0 Å². The van der Waals surface area contributed by atoms with Gasteiger partial charge in [-0.1, -0.05) is 6.07 Å². The highest BCUT2D eigenvalue weighted by Crippen LogP contribution is 2.08. The molecule has 0 unspecified atom stereocenters. The van der Waals surface area contributed by atoms with E-state index in [1.54, 1.807) is 17.5 Å². The number of amides is 1. The van der Waals surface area contributed by atoms with Crippen molar-refractivity contribution in [2.24, 2.45) is 7.05 Å². The predicted molar refractivity (Wildman–Crippen MR) is 63.1 cm³/mol. The molecule has 0 aliphatic rings. The summed E-state index contributed by atoms with van der Waals surface area (Å²) in [6, 6.07) is 3.91. The van der Waals surface area contributed by atoms with Crippen molar-refractivity contribution in [3.63, 3.8) is 0 Å². The molecule has 1 amide bonds.